The molecule has 1 aliphatic rings. The Bertz CT molecular complexity index is 644. The van der Waals surface area contributed by atoms with E-state index in [1.807, 2.05) is 13.8 Å². The van der Waals surface area contributed by atoms with E-state index in [4.69, 9.17) is 15.4 Å². The van der Waals surface area contributed by atoms with E-state index in [-0.39, 0.29) is 22.8 Å². The number of nitrogens with one attached hydrogen (secondary N) is 1. The van der Waals surface area contributed by atoms with Gasteiger partial charge in [0.2, 0.25) is 5.91 Å². The van der Waals surface area contributed by atoms with Gasteiger partial charge in [-0.3, -0.25) is 4.79 Å². The molecule has 5 nitrogen and oxygen atoms in total. The third kappa shape index (κ3) is 3.68. The van der Waals surface area contributed by atoms with Crippen molar-refractivity contribution in [2.24, 2.45) is 5.92 Å². The molecule has 0 fully saturated rings. The summed E-state index contributed by atoms with van der Waals surface area (Å²) in [6, 6.07) is 4.19. The molecule has 0 bridgehead atoms. The first-order chi connectivity index (χ1) is 9.82. The van der Waals surface area contributed by atoms with Crippen molar-refractivity contribution in [3.63, 3.8) is 0 Å². The zero-order chi connectivity index (χ0) is 15.6. The molecule has 7 heteroatoms. The van der Waals surface area contributed by atoms with Crippen LogP contribution in [-0.4, -0.2) is 20.9 Å². The summed E-state index contributed by atoms with van der Waals surface area (Å²) in [7, 11) is 1.57. The molecule has 21 heavy (non-hydrogen) atoms. The number of amides is 1. The van der Waals surface area contributed by atoms with Gasteiger partial charge in [0.25, 0.3) is 9.05 Å². The highest BCUT2D eigenvalue weighted by molar-refractivity contribution is 8.13. The number of hydrogen-bond acceptors (Lipinski definition) is 4. The molecule has 0 saturated heterocycles. The fraction of sp³-hybridized carbons (Fsp3) is 0.500. The van der Waals surface area contributed by atoms with E-state index in [9.17, 15) is 13.2 Å². The van der Waals surface area contributed by atoms with Crippen molar-refractivity contribution < 1.29 is 17.9 Å². The van der Waals surface area contributed by atoms with E-state index in [0.29, 0.717) is 24.3 Å². The summed E-state index contributed by atoms with van der Waals surface area (Å²) in [6.45, 7) is 4.28. The summed E-state index contributed by atoms with van der Waals surface area (Å²) in [6.07, 6.45) is 1.35. The van der Waals surface area contributed by atoms with E-state index in [1.54, 1.807) is 6.07 Å². The van der Waals surface area contributed by atoms with Gasteiger partial charge in [-0.1, -0.05) is 13.8 Å². The van der Waals surface area contributed by atoms with Gasteiger partial charge in [0.05, 0.1) is 17.5 Å². The van der Waals surface area contributed by atoms with Crippen LogP contribution in [0.25, 0.3) is 0 Å². The predicted octanol–water partition coefficient (Wildman–Crippen LogP) is 2.60. The first-order valence-corrected chi connectivity index (χ1v) is 9.15. The quantitative estimate of drug-likeness (QED) is 0.861. The zero-order valence-corrected chi connectivity index (χ0v) is 13.5. The fourth-order valence-corrected chi connectivity index (χ4v) is 2.96. The molecular weight excluding hydrogens is 314 g/mol. The number of rotatable bonds is 4. The molecule has 0 aliphatic carbocycles. The molecule has 1 N–H and O–H groups in total. The Kier molecular flexibility index (Phi) is 4.78. The fourth-order valence-electron chi connectivity index (χ4n) is 2.17. The largest absolute Gasteiger partial charge is 0.493 e. The molecular formula is C14H18ClNO4S. The van der Waals surface area contributed by atoms with E-state index >= 15 is 0 Å². The summed E-state index contributed by atoms with van der Waals surface area (Å²) in [4.78, 5) is 12.0. The molecule has 1 amide bonds. The SMILES string of the molecule is CCC(C)C(=O)NC1CCOc2ccc(S(=O)(=O)Cl)cc21. The molecule has 2 rings (SSSR count). The molecule has 0 saturated carbocycles. The van der Waals surface area contributed by atoms with Crippen molar-refractivity contribution >= 4 is 25.6 Å². The van der Waals surface area contributed by atoms with Crippen molar-refractivity contribution in [2.45, 2.75) is 37.6 Å². The Morgan fingerprint density at radius 2 is 2.24 bits per heavy atom. The maximum atomic E-state index is 12.0. The minimum Gasteiger partial charge on any atom is -0.493 e. The predicted molar refractivity (Wildman–Crippen MR) is 79.9 cm³/mol. The normalized spacial score (nSPS) is 19.3. The average Bonchev–Trinajstić information content (AvgIpc) is 2.45. The van der Waals surface area contributed by atoms with Gasteiger partial charge in [-0.25, -0.2) is 8.42 Å². The van der Waals surface area contributed by atoms with Crippen molar-refractivity contribution in [3.8, 4) is 5.75 Å². The van der Waals surface area contributed by atoms with Crippen LogP contribution < -0.4 is 10.1 Å². The third-order valence-electron chi connectivity index (χ3n) is 3.68. The van der Waals surface area contributed by atoms with Crippen LogP contribution in [0.2, 0.25) is 0 Å². The molecule has 0 radical (unpaired) electrons. The number of carbonyl (C=O) groups is 1. The number of benzene rings is 1. The highest BCUT2D eigenvalue weighted by Crippen LogP contribution is 2.34. The monoisotopic (exact) mass is 331 g/mol. The second-order valence-corrected chi connectivity index (χ2v) is 7.71. The number of carbonyl (C=O) groups excluding carboxylic acids is 1. The van der Waals surface area contributed by atoms with Gasteiger partial charge in [-0.15, -0.1) is 0 Å². The van der Waals surface area contributed by atoms with Crippen molar-refractivity contribution in [3.05, 3.63) is 23.8 Å². The number of fused-ring (bicyclic) bond motifs is 1. The van der Waals surface area contributed by atoms with Crippen molar-refractivity contribution in [1.29, 1.82) is 0 Å². The van der Waals surface area contributed by atoms with E-state index in [1.165, 1.54) is 12.1 Å². The van der Waals surface area contributed by atoms with E-state index in [0.717, 1.165) is 6.42 Å². The van der Waals surface area contributed by atoms with Gasteiger partial charge in [0, 0.05) is 28.6 Å². The lowest BCUT2D eigenvalue weighted by Crippen LogP contribution is -2.35. The number of hydrogen-bond donors (Lipinski definition) is 1. The molecule has 0 spiro atoms. The highest BCUT2D eigenvalue weighted by atomic mass is 35.7. The molecule has 0 aromatic heterocycles. The molecule has 2 unspecified atom stereocenters. The van der Waals surface area contributed by atoms with Gasteiger partial charge in [0.1, 0.15) is 5.75 Å². The summed E-state index contributed by atoms with van der Waals surface area (Å²) in [5.41, 5.74) is 0.652. The van der Waals surface area contributed by atoms with Crippen LogP contribution in [0.1, 0.15) is 38.3 Å². The van der Waals surface area contributed by atoms with Crippen LogP contribution in [0.15, 0.2) is 23.1 Å². The first-order valence-electron chi connectivity index (χ1n) is 6.84. The summed E-state index contributed by atoms with van der Waals surface area (Å²) < 4.78 is 28.4. The second-order valence-electron chi connectivity index (χ2n) is 5.15. The van der Waals surface area contributed by atoms with Crippen molar-refractivity contribution in [1.82, 2.24) is 5.32 Å². The van der Waals surface area contributed by atoms with Crippen LogP contribution in [0.5, 0.6) is 5.75 Å². The smallest absolute Gasteiger partial charge is 0.261 e. The number of halogens is 1. The maximum absolute atomic E-state index is 12.0. The van der Waals surface area contributed by atoms with Crippen LogP contribution in [-0.2, 0) is 13.8 Å². The van der Waals surface area contributed by atoms with E-state index < -0.39 is 9.05 Å². The van der Waals surface area contributed by atoms with Gasteiger partial charge in [-0.2, -0.15) is 0 Å². The Morgan fingerprint density at radius 1 is 1.52 bits per heavy atom. The standard InChI is InChI=1S/C14H18ClNO4S/c1-3-9(2)14(17)16-12-6-7-20-13-5-4-10(8-11(12)13)21(15,18)19/h4-5,8-9,12H,3,6-7H2,1-2H3,(H,16,17). The van der Waals surface area contributed by atoms with Crippen LogP contribution >= 0.6 is 10.7 Å². The Balaban J connectivity index is 2.31. The van der Waals surface area contributed by atoms with Crippen LogP contribution in [0.3, 0.4) is 0 Å². The number of ether oxygens (including phenoxy) is 1. The summed E-state index contributed by atoms with van der Waals surface area (Å²) >= 11 is 0. The summed E-state index contributed by atoms with van der Waals surface area (Å²) in [5.74, 6) is 0.450. The van der Waals surface area contributed by atoms with Gasteiger partial charge in [0.15, 0.2) is 0 Å². The van der Waals surface area contributed by atoms with Crippen LogP contribution in [0, 0.1) is 5.92 Å². The maximum Gasteiger partial charge on any atom is 0.261 e. The van der Waals surface area contributed by atoms with Crippen LogP contribution in [0.4, 0.5) is 0 Å². The Morgan fingerprint density at radius 3 is 2.86 bits per heavy atom. The molecule has 1 heterocycles. The van der Waals surface area contributed by atoms with Gasteiger partial charge < -0.3 is 10.1 Å². The summed E-state index contributed by atoms with van der Waals surface area (Å²) in [5, 5.41) is 2.95. The van der Waals surface area contributed by atoms with E-state index in [2.05, 4.69) is 5.32 Å². The molecule has 116 valence electrons. The zero-order valence-electron chi connectivity index (χ0n) is 11.9. The Labute approximate surface area is 129 Å². The van der Waals surface area contributed by atoms with Gasteiger partial charge >= 0.3 is 0 Å². The molecule has 1 aromatic carbocycles. The lowest BCUT2D eigenvalue weighted by Gasteiger charge is -2.28. The topological polar surface area (TPSA) is 72.5 Å². The average molecular weight is 332 g/mol. The first kappa shape index (κ1) is 16.1. The molecule has 1 aromatic rings. The molecule has 1 aliphatic heterocycles. The second kappa shape index (κ2) is 6.23. The van der Waals surface area contributed by atoms with Crippen molar-refractivity contribution in [2.75, 3.05) is 6.61 Å². The Hall–Kier alpha value is -1.27. The lowest BCUT2D eigenvalue weighted by atomic mass is 9.99. The molecule has 2 atom stereocenters. The minimum atomic E-state index is -3.81. The lowest BCUT2D eigenvalue weighted by molar-refractivity contribution is -0.125. The minimum absolute atomic E-state index is 0.0104. The third-order valence-corrected chi connectivity index (χ3v) is 5.03. The highest BCUT2D eigenvalue weighted by Gasteiger charge is 2.26. The van der Waals surface area contributed by atoms with Gasteiger partial charge in [-0.05, 0) is 24.6 Å².